The highest BCUT2D eigenvalue weighted by Gasteiger charge is 2.17. The van der Waals surface area contributed by atoms with E-state index in [1.807, 2.05) is 13.8 Å². The second-order valence-corrected chi connectivity index (χ2v) is 3.40. The van der Waals surface area contributed by atoms with Crippen LogP contribution in [0.3, 0.4) is 0 Å². The number of aliphatic carboxylic acids is 1. The molecule has 0 aliphatic heterocycles. The highest BCUT2D eigenvalue weighted by molar-refractivity contribution is 5.69. The summed E-state index contributed by atoms with van der Waals surface area (Å²) in [4.78, 5) is 10.7. The Hall–Kier alpha value is -0.990. The Labute approximate surface area is 79.8 Å². The normalized spacial score (nSPS) is 14.6. The van der Waals surface area contributed by atoms with Crippen LogP contribution in [0, 0.1) is 11.8 Å². The van der Waals surface area contributed by atoms with Crippen molar-refractivity contribution in [3.63, 3.8) is 0 Å². The molecule has 0 saturated heterocycles. The fraction of sp³-hybridized carbons (Fsp3) is 0.700. The summed E-state index contributed by atoms with van der Waals surface area (Å²) >= 11 is 0. The first kappa shape index (κ1) is 12.0. The Balaban J connectivity index is 3.79. The molecule has 0 amide bonds. The van der Waals surface area contributed by atoms with Crippen LogP contribution in [0.25, 0.3) is 0 Å². The van der Waals surface area contributed by atoms with Gasteiger partial charge in [-0.3, -0.25) is 4.79 Å². The van der Waals surface area contributed by atoms with Gasteiger partial charge in [0.25, 0.3) is 0 Å². The minimum Gasteiger partial charge on any atom is -0.481 e. The first-order chi connectivity index (χ1) is 6.11. The zero-order valence-corrected chi connectivity index (χ0v) is 8.42. The Morgan fingerprint density at radius 2 is 2.31 bits per heavy atom. The third-order valence-corrected chi connectivity index (χ3v) is 2.14. The third kappa shape index (κ3) is 5.28. The second-order valence-electron chi connectivity index (χ2n) is 3.40. The summed E-state index contributed by atoms with van der Waals surface area (Å²) in [5, 5.41) is 11.8. The van der Waals surface area contributed by atoms with Gasteiger partial charge in [-0.2, -0.15) is 0 Å². The van der Waals surface area contributed by atoms with E-state index < -0.39 is 5.97 Å². The van der Waals surface area contributed by atoms with Crippen LogP contribution in [-0.4, -0.2) is 17.6 Å². The van der Waals surface area contributed by atoms with Crippen molar-refractivity contribution in [2.75, 3.05) is 6.54 Å². The van der Waals surface area contributed by atoms with E-state index in [9.17, 15) is 4.79 Å². The van der Waals surface area contributed by atoms with Gasteiger partial charge in [0, 0.05) is 6.54 Å². The van der Waals surface area contributed by atoms with Crippen LogP contribution in [0.2, 0.25) is 0 Å². The minimum atomic E-state index is -0.687. The molecule has 0 bridgehead atoms. The van der Waals surface area contributed by atoms with E-state index in [4.69, 9.17) is 5.11 Å². The number of carbonyl (C=O) groups is 1. The maximum Gasteiger partial charge on any atom is 0.306 e. The lowest BCUT2D eigenvalue weighted by Crippen LogP contribution is -2.22. The topological polar surface area (TPSA) is 49.3 Å². The summed E-state index contributed by atoms with van der Waals surface area (Å²) in [6.45, 7) is 8.29. The molecule has 0 aliphatic carbocycles. The molecule has 0 aromatic rings. The van der Waals surface area contributed by atoms with Gasteiger partial charge in [-0.05, 0) is 25.0 Å². The van der Waals surface area contributed by atoms with Crippen LogP contribution in [0.1, 0.15) is 26.7 Å². The quantitative estimate of drug-likeness (QED) is 0.636. The summed E-state index contributed by atoms with van der Waals surface area (Å²) in [7, 11) is 0. The average Bonchev–Trinajstić information content (AvgIpc) is 2.10. The van der Waals surface area contributed by atoms with Gasteiger partial charge in [-0.15, -0.1) is 0 Å². The monoisotopic (exact) mass is 185 g/mol. The van der Waals surface area contributed by atoms with Crippen LogP contribution in [0.5, 0.6) is 0 Å². The molecule has 0 radical (unpaired) electrons. The molecule has 0 aromatic carbocycles. The van der Waals surface area contributed by atoms with E-state index in [2.05, 4.69) is 11.9 Å². The van der Waals surface area contributed by atoms with Gasteiger partial charge in [0.2, 0.25) is 0 Å². The molecule has 0 saturated carbocycles. The molecule has 0 aromatic heterocycles. The molecule has 0 fully saturated rings. The Morgan fingerprint density at radius 3 is 2.69 bits per heavy atom. The smallest absolute Gasteiger partial charge is 0.306 e. The predicted molar refractivity (Wildman–Crippen MR) is 53.4 cm³/mol. The number of carboxylic acid groups (broad SMARTS) is 1. The first-order valence-corrected chi connectivity index (χ1v) is 4.68. The van der Waals surface area contributed by atoms with Crippen molar-refractivity contribution < 1.29 is 9.90 Å². The number of hydrogen-bond donors (Lipinski definition) is 2. The average molecular weight is 185 g/mol. The lowest BCUT2D eigenvalue weighted by atomic mass is 9.94. The SMILES string of the molecule is C=CNCC(C)CC(CC)C(=O)O. The molecule has 0 heterocycles. The van der Waals surface area contributed by atoms with Crippen molar-refractivity contribution in [1.82, 2.24) is 5.32 Å². The van der Waals surface area contributed by atoms with Gasteiger partial charge in [0.15, 0.2) is 0 Å². The van der Waals surface area contributed by atoms with Gasteiger partial charge in [0.1, 0.15) is 0 Å². The van der Waals surface area contributed by atoms with Gasteiger partial charge < -0.3 is 10.4 Å². The predicted octanol–water partition coefficient (Wildman–Crippen LogP) is 1.86. The standard InChI is InChI=1S/C10H19NO2/c1-4-9(10(12)13)6-8(3)7-11-5-2/h5,8-9,11H,2,4,6-7H2,1,3H3,(H,12,13). The van der Waals surface area contributed by atoms with Crippen LogP contribution < -0.4 is 5.32 Å². The van der Waals surface area contributed by atoms with Crippen molar-refractivity contribution in [3.8, 4) is 0 Å². The first-order valence-electron chi connectivity index (χ1n) is 4.68. The Kier molecular flexibility index (Phi) is 6.02. The molecule has 0 aliphatic rings. The highest BCUT2D eigenvalue weighted by Crippen LogP contribution is 2.15. The van der Waals surface area contributed by atoms with Gasteiger partial charge >= 0.3 is 5.97 Å². The summed E-state index contributed by atoms with van der Waals surface area (Å²) in [6.07, 6.45) is 3.07. The molecular formula is C10H19NO2. The number of hydrogen-bond acceptors (Lipinski definition) is 2. The molecule has 13 heavy (non-hydrogen) atoms. The summed E-state index contributed by atoms with van der Waals surface area (Å²) in [5.41, 5.74) is 0. The summed E-state index contributed by atoms with van der Waals surface area (Å²) < 4.78 is 0. The van der Waals surface area contributed by atoms with E-state index in [1.165, 1.54) is 0 Å². The van der Waals surface area contributed by atoms with E-state index in [1.54, 1.807) is 6.20 Å². The lowest BCUT2D eigenvalue weighted by Gasteiger charge is -2.15. The Morgan fingerprint density at radius 1 is 1.69 bits per heavy atom. The van der Waals surface area contributed by atoms with Crippen LogP contribution in [-0.2, 0) is 4.79 Å². The van der Waals surface area contributed by atoms with Gasteiger partial charge in [-0.25, -0.2) is 0 Å². The zero-order valence-electron chi connectivity index (χ0n) is 8.42. The fourth-order valence-corrected chi connectivity index (χ4v) is 1.30. The maximum absolute atomic E-state index is 10.7. The molecule has 2 N–H and O–H groups in total. The zero-order chi connectivity index (χ0) is 10.3. The van der Waals surface area contributed by atoms with Crippen molar-refractivity contribution in [3.05, 3.63) is 12.8 Å². The van der Waals surface area contributed by atoms with Crippen molar-refractivity contribution >= 4 is 5.97 Å². The van der Waals surface area contributed by atoms with Crippen molar-refractivity contribution in [1.29, 1.82) is 0 Å². The second kappa shape index (κ2) is 6.52. The highest BCUT2D eigenvalue weighted by atomic mass is 16.4. The van der Waals surface area contributed by atoms with E-state index in [0.29, 0.717) is 12.3 Å². The fourth-order valence-electron chi connectivity index (χ4n) is 1.30. The molecule has 76 valence electrons. The number of nitrogens with one attached hydrogen (secondary N) is 1. The van der Waals surface area contributed by atoms with Crippen LogP contribution in [0.4, 0.5) is 0 Å². The third-order valence-electron chi connectivity index (χ3n) is 2.14. The largest absolute Gasteiger partial charge is 0.481 e. The van der Waals surface area contributed by atoms with Crippen molar-refractivity contribution in [2.24, 2.45) is 11.8 Å². The van der Waals surface area contributed by atoms with E-state index in [-0.39, 0.29) is 5.92 Å². The summed E-state index contributed by atoms with van der Waals surface area (Å²) in [5.74, 6) is -0.520. The number of carboxylic acids is 1. The van der Waals surface area contributed by atoms with E-state index >= 15 is 0 Å². The molecule has 0 spiro atoms. The summed E-state index contributed by atoms with van der Waals surface area (Å²) in [6, 6.07) is 0. The molecule has 3 heteroatoms. The maximum atomic E-state index is 10.7. The molecule has 3 nitrogen and oxygen atoms in total. The molecule has 2 unspecified atom stereocenters. The number of rotatable bonds is 7. The molecule has 0 rings (SSSR count). The van der Waals surface area contributed by atoms with Gasteiger partial charge in [0.05, 0.1) is 5.92 Å². The Bertz CT molecular complexity index is 168. The van der Waals surface area contributed by atoms with Crippen molar-refractivity contribution in [2.45, 2.75) is 26.7 Å². The molecular weight excluding hydrogens is 166 g/mol. The lowest BCUT2D eigenvalue weighted by molar-refractivity contribution is -0.142. The molecule has 2 atom stereocenters. The van der Waals surface area contributed by atoms with Crippen LogP contribution >= 0.6 is 0 Å². The minimum absolute atomic E-state index is 0.207. The van der Waals surface area contributed by atoms with Gasteiger partial charge in [-0.1, -0.05) is 20.4 Å². The van der Waals surface area contributed by atoms with Crippen LogP contribution in [0.15, 0.2) is 12.8 Å². The van der Waals surface area contributed by atoms with E-state index in [0.717, 1.165) is 13.0 Å².